The molecule has 0 unspecified atom stereocenters. The molecule has 3 rings (SSSR count). The second-order valence-corrected chi connectivity index (χ2v) is 7.23. The minimum Gasteiger partial charge on any atom is -0.490 e. The van der Waals surface area contributed by atoms with Gasteiger partial charge in [0.1, 0.15) is 0 Å². The quantitative estimate of drug-likeness (QED) is 0.416. The maximum Gasteiger partial charge on any atom is 0.255 e. The van der Waals surface area contributed by atoms with Crippen LogP contribution in [-0.4, -0.2) is 30.6 Å². The summed E-state index contributed by atoms with van der Waals surface area (Å²) in [6.45, 7) is 3.75. The van der Waals surface area contributed by atoms with Gasteiger partial charge < -0.3 is 25.5 Å². The third-order valence-corrected chi connectivity index (χ3v) is 4.89. The number of hydrogen-bond donors (Lipinski definition) is 3. The average molecular weight is 446 g/mol. The van der Waals surface area contributed by atoms with E-state index < -0.39 is 5.91 Å². The lowest BCUT2D eigenvalue weighted by Crippen LogP contribution is -2.20. The van der Waals surface area contributed by atoms with Gasteiger partial charge in [0.25, 0.3) is 5.91 Å². The van der Waals surface area contributed by atoms with E-state index in [4.69, 9.17) is 15.2 Å². The fourth-order valence-electron chi connectivity index (χ4n) is 3.06. The number of hydrogen-bond acceptors (Lipinski definition) is 4. The highest BCUT2D eigenvalue weighted by molar-refractivity contribution is 9.10. The van der Waals surface area contributed by atoms with E-state index >= 15 is 0 Å². The number of aromatic nitrogens is 1. The van der Waals surface area contributed by atoms with Gasteiger partial charge in [-0.25, -0.2) is 0 Å². The van der Waals surface area contributed by atoms with Crippen molar-refractivity contribution in [3.63, 3.8) is 0 Å². The number of nitrogens with one attached hydrogen (secondary N) is 2. The molecule has 0 atom stereocenters. The maximum atomic E-state index is 11.0. The van der Waals surface area contributed by atoms with Crippen molar-refractivity contribution >= 4 is 32.7 Å². The largest absolute Gasteiger partial charge is 0.490 e. The number of nitrogens with two attached hydrogens (primary N) is 1. The van der Waals surface area contributed by atoms with E-state index in [9.17, 15) is 4.79 Å². The molecule has 2 aromatic carbocycles. The molecule has 0 spiro atoms. The van der Waals surface area contributed by atoms with Crippen LogP contribution in [0.5, 0.6) is 11.5 Å². The molecule has 0 aliphatic rings. The van der Waals surface area contributed by atoms with Crippen molar-refractivity contribution in [1.29, 1.82) is 0 Å². The summed E-state index contributed by atoms with van der Waals surface area (Å²) in [5.41, 5.74) is 8.69. The Hall–Kier alpha value is -2.51. The molecule has 3 aromatic rings. The second kappa shape index (κ2) is 9.61. The van der Waals surface area contributed by atoms with Crippen LogP contribution in [0.2, 0.25) is 0 Å². The predicted molar refractivity (Wildman–Crippen MR) is 114 cm³/mol. The molecule has 1 aromatic heterocycles. The van der Waals surface area contributed by atoms with Crippen molar-refractivity contribution < 1.29 is 14.3 Å². The lowest BCUT2D eigenvalue weighted by atomic mass is 10.1. The molecule has 0 bridgehead atoms. The van der Waals surface area contributed by atoms with Crippen molar-refractivity contribution in [2.45, 2.75) is 19.9 Å². The zero-order valence-corrected chi connectivity index (χ0v) is 17.3. The summed E-state index contributed by atoms with van der Waals surface area (Å²) < 4.78 is 11.9. The monoisotopic (exact) mass is 445 g/mol. The van der Waals surface area contributed by atoms with E-state index in [0.717, 1.165) is 28.5 Å². The highest BCUT2D eigenvalue weighted by atomic mass is 79.9. The van der Waals surface area contributed by atoms with Crippen molar-refractivity contribution in [3.8, 4) is 11.5 Å². The summed E-state index contributed by atoms with van der Waals surface area (Å²) in [4.78, 5) is 14.3. The predicted octanol–water partition coefficient (Wildman–Crippen LogP) is 3.53. The van der Waals surface area contributed by atoms with Gasteiger partial charge in [0.05, 0.1) is 11.1 Å². The summed E-state index contributed by atoms with van der Waals surface area (Å²) >= 11 is 3.50. The van der Waals surface area contributed by atoms with Gasteiger partial charge in [-0.1, -0.05) is 18.2 Å². The standard InChI is InChI=1S/C21H24BrN3O3/c1-2-27-19-10-14(9-17(22)21(19)28-13-20(23)26)11-24-8-7-15-12-25-18-6-4-3-5-16(15)18/h3-6,9-10,12,24-25H,2,7-8,11,13H2,1H3,(H2,23,26). The van der Waals surface area contributed by atoms with E-state index in [1.165, 1.54) is 10.9 Å². The highest BCUT2D eigenvalue weighted by Crippen LogP contribution is 2.37. The Bertz CT molecular complexity index is 955. The molecule has 148 valence electrons. The molecule has 0 aliphatic carbocycles. The van der Waals surface area contributed by atoms with Crippen molar-refractivity contribution in [2.75, 3.05) is 19.8 Å². The molecule has 0 saturated carbocycles. The second-order valence-electron chi connectivity index (χ2n) is 6.38. The number of primary amides is 1. The first-order valence-corrected chi connectivity index (χ1v) is 9.99. The van der Waals surface area contributed by atoms with Crippen LogP contribution >= 0.6 is 15.9 Å². The topological polar surface area (TPSA) is 89.4 Å². The fourth-order valence-corrected chi connectivity index (χ4v) is 3.67. The highest BCUT2D eigenvalue weighted by Gasteiger charge is 2.13. The molecule has 1 heterocycles. The van der Waals surface area contributed by atoms with E-state index in [1.807, 2.05) is 25.1 Å². The van der Waals surface area contributed by atoms with Crippen molar-refractivity contribution in [1.82, 2.24) is 10.3 Å². The fraction of sp³-hybridized carbons (Fsp3) is 0.286. The number of carbonyl (C=O) groups is 1. The Morgan fingerprint density at radius 2 is 2.07 bits per heavy atom. The molecule has 0 radical (unpaired) electrons. The van der Waals surface area contributed by atoms with Gasteiger partial charge in [-0.3, -0.25) is 4.79 Å². The molecular formula is C21H24BrN3O3. The Morgan fingerprint density at radius 1 is 1.25 bits per heavy atom. The third-order valence-electron chi connectivity index (χ3n) is 4.30. The zero-order chi connectivity index (χ0) is 19.9. The SMILES string of the molecule is CCOc1cc(CNCCc2c[nH]c3ccccc23)cc(Br)c1OCC(N)=O. The molecule has 0 saturated heterocycles. The number of rotatable bonds is 10. The Balaban J connectivity index is 1.61. The number of carbonyl (C=O) groups excluding carboxylic acids is 1. The molecular weight excluding hydrogens is 422 g/mol. The molecule has 7 heteroatoms. The van der Waals surface area contributed by atoms with Gasteiger partial charge in [-0.05, 0) is 65.1 Å². The van der Waals surface area contributed by atoms with E-state index in [-0.39, 0.29) is 6.61 Å². The third kappa shape index (κ3) is 5.05. The number of ether oxygens (including phenoxy) is 2. The summed E-state index contributed by atoms with van der Waals surface area (Å²) in [5.74, 6) is 0.548. The first kappa shape index (κ1) is 20.2. The summed E-state index contributed by atoms with van der Waals surface area (Å²) in [7, 11) is 0. The lowest BCUT2D eigenvalue weighted by Gasteiger charge is -2.15. The molecule has 1 amide bonds. The van der Waals surface area contributed by atoms with Crippen LogP contribution in [0.15, 0.2) is 47.1 Å². The van der Waals surface area contributed by atoms with Crippen molar-refractivity contribution in [2.24, 2.45) is 5.73 Å². The van der Waals surface area contributed by atoms with Crippen LogP contribution in [0.25, 0.3) is 10.9 Å². The van der Waals surface area contributed by atoms with Gasteiger partial charge in [0, 0.05) is 23.6 Å². The van der Waals surface area contributed by atoms with E-state index in [1.54, 1.807) is 0 Å². The van der Waals surface area contributed by atoms with Gasteiger partial charge in [0.15, 0.2) is 18.1 Å². The van der Waals surface area contributed by atoms with Gasteiger partial charge in [-0.2, -0.15) is 0 Å². The lowest BCUT2D eigenvalue weighted by molar-refractivity contribution is -0.119. The average Bonchev–Trinajstić information content (AvgIpc) is 3.08. The molecule has 4 N–H and O–H groups in total. The minimum atomic E-state index is -0.530. The van der Waals surface area contributed by atoms with Crippen LogP contribution in [-0.2, 0) is 17.8 Å². The van der Waals surface area contributed by atoms with Crippen LogP contribution in [0.4, 0.5) is 0 Å². The van der Waals surface area contributed by atoms with Crippen LogP contribution < -0.4 is 20.5 Å². The molecule has 0 fully saturated rings. The summed E-state index contributed by atoms with van der Waals surface area (Å²) in [6, 6.07) is 12.2. The molecule has 6 nitrogen and oxygen atoms in total. The number of fused-ring (bicyclic) bond motifs is 1. The van der Waals surface area contributed by atoms with Crippen LogP contribution in [0, 0.1) is 0 Å². The maximum absolute atomic E-state index is 11.0. The summed E-state index contributed by atoms with van der Waals surface area (Å²) in [5, 5.41) is 4.73. The molecule has 28 heavy (non-hydrogen) atoms. The zero-order valence-electron chi connectivity index (χ0n) is 15.8. The number of halogens is 1. The van der Waals surface area contributed by atoms with E-state index in [2.05, 4.69) is 50.6 Å². The Kier molecular flexibility index (Phi) is 6.95. The molecule has 0 aliphatic heterocycles. The number of para-hydroxylation sites is 1. The minimum absolute atomic E-state index is 0.194. The smallest absolute Gasteiger partial charge is 0.255 e. The van der Waals surface area contributed by atoms with E-state index in [0.29, 0.717) is 24.7 Å². The Labute approximate surface area is 172 Å². The van der Waals surface area contributed by atoms with Crippen LogP contribution in [0.1, 0.15) is 18.1 Å². The first-order chi connectivity index (χ1) is 13.6. The summed E-state index contributed by atoms with van der Waals surface area (Å²) in [6.07, 6.45) is 3.00. The van der Waals surface area contributed by atoms with Crippen LogP contribution in [0.3, 0.4) is 0 Å². The van der Waals surface area contributed by atoms with Crippen molar-refractivity contribution in [3.05, 3.63) is 58.2 Å². The number of amides is 1. The number of H-pyrrole nitrogens is 1. The normalized spacial score (nSPS) is 10.9. The van der Waals surface area contributed by atoms with Gasteiger partial charge >= 0.3 is 0 Å². The number of aromatic amines is 1. The van der Waals surface area contributed by atoms with Gasteiger partial charge in [-0.15, -0.1) is 0 Å². The van der Waals surface area contributed by atoms with Gasteiger partial charge in [0.2, 0.25) is 0 Å². The number of benzene rings is 2. The Morgan fingerprint density at radius 3 is 2.86 bits per heavy atom. The first-order valence-electron chi connectivity index (χ1n) is 9.20.